The maximum Gasteiger partial charge on any atom is 0.264 e. The summed E-state index contributed by atoms with van der Waals surface area (Å²) in [6, 6.07) is 17.4. The van der Waals surface area contributed by atoms with Crippen LogP contribution >= 0.6 is 39.1 Å². The molecule has 4 rings (SSSR count). The summed E-state index contributed by atoms with van der Waals surface area (Å²) in [5.74, 6) is -0.841. The van der Waals surface area contributed by atoms with Gasteiger partial charge in [-0.2, -0.15) is 0 Å². The van der Waals surface area contributed by atoms with E-state index in [0.717, 1.165) is 35.6 Å². The van der Waals surface area contributed by atoms with Gasteiger partial charge in [0.15, 0.2) is 0 Å². The Morgan fingerprint density at radius 1 is 1.00 bits per heavy atom. The minimum atomic E-state index is -4.16. The van der Waals surface area contributed by atoms with E-state index in [9.17, 15) is 18.0 Å². The van der Waals surface area contributed by atoms with Crippen LogP contribution < -0.4 is 9.62 Å². The van der Waals surface area contributed by atoms with Gasteiger partial charge in [0, 0.05) is 32.7 Å². The number of benzene rings is 3. The van der Waals surface area contributed by atoms with Crippen LogP contribution in [0.2, 0.25) is 10.0 Å². The first-order valence-corrected chi connectivity index (χ1v) is 16.9. The molecule has 0 radical (unpaired) electrons. The molecule has 1 aliphatic carbocycles. The second-order valence-electron chi connectivity index (χ2n) is 10.4. The lowest BCUT2D eigenvalue weighted by molar-refractivity contribution is -0.140. The smallest absolute Gasteiger partial charge is 0.264 e. The normalized spacial score (nSPS) is 14.4. The van der Waals surface area contributed by atoms with Gasteiger partial charge in [-0.1, -0.05) is 88.7 Å². The maximum absolute atomic E-state index is 14.3. The van der Waals surface area contributed by atoms with Crippen LogP contribution in [0, 0.1) is 6.92 Å². The van der Waals surface area contributed by atoms with Crippen molar-refractivity contribution in [3.8, 4) is 0 Å². The molecule has 1 N–H and O–H groups in total. The van der Waals surface area contributed by atoms with Crippen LogP contribution in [0.1, 0.15) is 50.2 Å². The van der Waals surface area contributed by atoms with Gasteiger partial charge < -0.3 is 10.2 Å². The average molecular weight is 696 g/mol. The molecule has 0 heterocycles. The minimum absolute atomic E-state index is 0.0486. The van der Waals surface area contributed by atoms with E-state index >= 15 is 0 Å². The second-order valence-corrected chi connectivity index (χ2v) is 14.0. The zero-order valence-electron chi connectivity index (χ0n) is 23.5. The lowest BCUT2D eigenvalue weighted by Gasteiger charge is -2.34. The second kappa shape index (κ2) is 14.3. The van der Waals surface area contributed by atoms with Gasteiger partial charge in [0.25, 0.3) is 10.0 Å². The van der Waals surface area contributed by atoms with Gasteiger partial charge in [0.05, 0.1) is 10.6 Å². The van der Waals surface area contributed by atoms with Gasteiger partial charge in [0.2, 0.25) is 11.8 Å². The highest BCUT2D eigenvalue weighted by Crippen LogP contribution is 2.30. The zero-order chi connectivity index (χ0) is 30.4. The maximum atomic E-state index is 14.3. The summed E-state index contributed by atoms with van der Waals surface area (Å²) in [5, 5.41) is 3.80. The molecule has 7 nitrogen and oxygen atoms in total. The first kappa shape index (κ1) is 32.3. The number of amides is 2. The average Bonchev–Trinajstić information content (AvgIpc) is 3.46. The molecule has 0 spiro atoms. The summed E-state index contributed by atoms with van der Waals surface area (Å²) < 4.78 is 29.7. The van der Waals surface area contributed by atoms with Crippen molar-refractivity contribution >= 4 is 66.7 Å². The Bertz CT molecular complexity index is 1510. The SMILES string of the molecule is CC[C@@H](C(=O)NC1CCCC1)N(Cc1c(Cl)cccc1Cl)C(=O)CN(c1cccc(Br)c1)S(=O)(=O)c1ccc(C)cc1. The summed E-state index contributed by atoms with van der Waals surface area (Å²) >= 11 is 16.4. The molecule has 0 aliphatic heterocycles. The van der Waals surface area contributed by atoms with E-state index in [0.29, 0.717) is 32.2 Å². The minimum Gasteiger partial charge on any atom is -0.352 e. The monoisotopic (exact) mass is 693 g/mol. The van der Waals surface area contributed by atoms with E-state index in [4.69, 9.17) is 23.2 Å². The molecule has 0 bridgehead atoms. The summed E-state index contributed by atoms with van der Waals surface area (Å²) in [4.78, 5) is 29.3. The molecule has 11 heteroatoms. The Morgan fingerprint density at radius 2 is 1.62 bits per heavy atom. The highest BCUT2D eigenvalue weighted by molar-refractivity contribution is 9.10. The largest absolute Gasteiger partial charge is 0.352 e. The van der Waals surface area contributed by atoms with Crippen molar-refractivity contribution in [2.45, 2.75) is 69.5 Å². The van der Waals surface area contributed by atoms with E-state index in [1.807, 2.05) is 13.8 Å². The molecule has 2 amide bonds. The Kier molecular flexibility index (Phi) is 11.0. The van der Waals surface area contributed by atoms with Crippen molar-refractivity contribution in [2.24, 2.45) is 0 Å². The van der Waals surface area contributed by atoms with Gasteiger partial charge >= 0.3 is 0 Å². The highest BCUT2D eigenvalue weighted by atomic mass is 79.9. The van der Waals surface area contributed by atoms with Crippen LogP contribution in [0.5, 0.6) is 0 Å². The summed E-state index contributed by atoms with van der Waals surface area (Å²) in [7, 11) is -4.16. The molecule has 1 saturated carbocycles. The van der Waals surface area contributed by atoms with Crippen LogP contribution in [0.15, 0.2) is 76.1 Å². The van der Waals surface area contributed by atoms with Crippen LogP contribution in [0.3, 0.4) is 0 Å². The van der Waals surface area contributed by atoms with Crippen molar-refractivity contribution in [3.05, 3.63) is 92.4 Å². The molecular weight excluding hydrogens is 661 g/mol. The number of carbonyl (C=O) groups is 2. The molecule has 1 fully saturated rings. The molecule has 3 aromatic rings. The van der Waals surface area contributed by atoms with E-state index in [2.05, 4.69) is 21.2 Å². The topological polar surface area (TPSA) is 86.8 Å². The first-order chi connectivity index (χ1) is 20.0. The number of hydrogen-bond donors (Lipinski definition) is 1. The number of carbonyl (C=O) groups excluding carboxylic acids is 2. The molecule has 3 aromatic carbocycles. The summed E-state index contributed by atoms with van der Waals surface area (Å²) in [6.45, 7) is 3.08. The molecule has 0 unspecified atom stereocenters. The summed E-state index contributed by atoms with van der Waals surface area (Å²) in [6.07, 6.45) is 4.17. The molecule has 0 saturated heterocycles. The fourth-order valence-corrected chi connectivity index (χ4v) is 7.45. The molecule has 224 valence electrons. The summed E-state index contributed by atoms with van der Waals surface area (Å²) in [5.41, 5.74) is 1.69. The van der Waals surface area contributed by atoms with Crippen molar-refractivity contribution in [1.29, 1.82) is 0 Å². The number of sulfonamides is 1. The van der Waals surface area contributed by atoms with E-state index in [-0.39, 0.29) is 23.4 Å². The van der Waals surface area contributed by atoms with Crippen LogP contribution in [-0.2, 0) is 26.2 Å². The first-order valence-electron chi connectivity index (χ1n) is 13.9. The fourth-order valence-electron chi connectivity index (χ4n) is 5.14. The third-order valence-corrected chi connectivity index (χ3v) is 10.5. The number of nitrogens with one attached hydrogen (secondary N) is 1. The molecule has 0 aromatic heterocycles. The number of anilines is 1. The van der Waals surface area contributed by atoms with Crippen molar-refractivity contribution < 1.29 is 18.0 Å². The Morgan fingerprint density at radius 3 is 2.21 bits per heavy atom. The van der Waals surface area contributed by atoms with Crippen LogP contribution in [0.25, 0.3) is 0 Å². The van der Waals surface area contributed by atoms with Gasteiger partial charge in [0.1, 0.15) is 12.6 Å². The predicted octanol–water partition coefficient (Wildman–Crippen LogP) is 7.13. The fraction of sp³-hybridized carbons (Fsp3) is 0.355. The molecule has 1 atom stereocenters. The zero-order valence-corrected chi connectivity index (χ0v) is 27.4. The Labute approximate surface area is 266 Å². The number of nitrogens with zero attached hydrogens (tertiary/aromatic N) is 2. The lowest BCUT2D eigenvalue weighted by atomic mass is 10.1. The van der Waals surface area contributed by atoms with Crippen molar-refractivity contribution in [1.82, 2.24) is 10.2 Å². The Hall–Kier alpha value is -2.59. The van der Waals surface area contributed by atoms with Gasteiger partial charge in [-0.25, -0.2) is 8.42 Å². The number of halogens is 3. The van der Waals surface area contributed by atoms with E-state index < -0.39 is 28.5 Å². The Balaban J connectivity index is 1.75. The number of hydrogen-bond acceptors (Lipinski definition) is 4. The van der Waals surface area contributed by atoms with Gasteiger partial charge in [-0.3, -0.25) is 13.9 Å². The van der Waals surface area contributed by atoms with E-state index in [1.54, 1.807) is 54.6 Å². The van der Waals surface area contributed by atoms with E-state index in [1.165, 1.54) is 17.0 Å². The third kappa shape index (κ3) is 7.67. The van der Waals surface area contributed by atoms with Crippen LogP contribution in [0.4, 0.5) is 5.69 Å². The van der Waals surface area contributed by atoms with Gasteiger partial charge in [-0.05, 0) is 68.7 Å². The number of rotatable bonds is 11. The molecule has 42 heavy (non-hydrogen) atoms. The van der Waals surface area contributed by atoms with Crippen LogP contribution in [-0.4, -0.2) is 43.8 Å². The highest BCUT2D eigenvalue weighted by Gasteiger charge is 2.35. The predicted molar refractivity (Wildman–Crippen MR) is 171 cm³/mol. The molecular formula is C31H34BrCl2N3O4S. The third-order valence-electron chi connectivity index (χ3n) is 7.46. The number of aryl methyl sites for hydroxylation is 1. The quantitative estimate of drug-likeness (QED) is 0.232. The molecule has 1 aliphatic rings. The lowest BCUT2D eigenvalue weighted by Crippen LogP contribution is -2.53. The van der Waals surface area contributed by atoms with Crippen molar-refractivity contribution in [2.75, 3.05) is 10.8 Å². The van der Waals surface area contributed by atoms with Crippen molar-refractivity contribution in [3.63, 3.8) is 0 Å². The standard InChI is InChI=1S/C31H34BrCl2N3O4S/c1-3-29(31(39)35-23-9-4-5-10-23)36(19-26-27(33)12-7-13-28(26)34)30(38)20-37(24-11-6-8-22(32)18-24)42(40,41)25-16-14-21(2)15-17-25/h6-8,11-18,23,29H,3-5,9-10,19-20H2,1-2H3,(H,35,39)/t29-/m0/s1. The van der Waals surface area contributed by atoms with Gasteiger partial charge in [-0.15, -0.1) is 0 Å².